The van der Waals surface area contributed by atoms with Crippen molar-refractivity contribution >= 4 is 23.4 Å². The van der Waals surface area contributed by atoms with Crippen molar-refractivity contribution in [2.75, 3.05) is 20.3 Å². The molecule has 6 nitrogen and oxygen atoms in total. The summed E-state index contributed by atoms with van der Waals surface area (Å²) in [5.41, 5.74) is 2.62. The van der Waals surface area contributed by atoms with E-state index in [1.807, 2.05) is 45.0 Å². The van der Waals surface area contributed by atoms with Gasteiger partial charge in [0, 0.05) is 18.1 Å². The van der Waals surface area contributed by atoms with Crippen LogP contribution in [-0.2, 0) is 16.1 Å². The van der Waals surface area contributed by atoms with Gasteiger partial charge in [0.15, 0.2) is 6.61 Å². The second kappa shape index (κ2) is 11.6. The molecule has 7 heteroatoms. The molecule has 2 amide bonds. The number of halogens is 1. The molecule has 31 heavy (non-hydrogen) atoms. The van der Waals surface area contributed by atoms with Crippen molar-refractivity contribution in [2.24, 2.45) is 0 Å². The van der Waals surface area contributed by atoms with Crippen molar-refractivity contribution in [3.63, 3.8) is 0 Å². The fourth-order valence-electron chi connectivity index (χ4n) is 3.16. The van der Waals surface area contributed by atoms with Crippen molar-refractivity contribution < 1.29 is 19.1 Å². The summed E-state index contributed by atoms with van der Waals surface area (Å²) in [7, 11) is 1.59. The third-order valence-corrected chi connectivity index (χ3v) is 5.57. The number of ether oxygens (including phenoxy) is 2. The second-order valence-electron chi connectivity index (χ2n) is 7.50. The smallest absolute Gasteiger partial charge is 0.261 e. The Labute approximate surface area is 189 Å². The molecule has 1 atom stereocenters. The summed E-state index contributed by atoms with van der Waals surface area (Å²) in [6.07, 6.45) is 0.820. The van der Waals surface area contributed by atoms with E-state index < -0.39 is 6.04 Å². The number of benzene rings is 2. The van der Waals surface area contributed by atoms with Gasteiger partial charge in [0.05, 0.1) is 7.11 Å². The van der Waals surface area contributed by atoms with Crippen LogP contribution in [0.1, 0.15) is 37.0 Å². The molecule has 0 spiro atoms. The number of carbonyl (C=O) groups excluding carboxylic acids is 2. The third kappa shape index (κ3) is 6.89. The van der Waals surface area contributed by atoms with Gasteiger partial charge in [-0.05, 0) is 68.1 Å². The van der Waals surface area contributed by atoms with Crippen molar-refractivity contribution in [3.8, 4) is 11.5 Å². The second-order valence-corrected chi connectivity index (χ2v) is 7.88. The molecule has 0 unspecified atom stereocenters. The van der Waals surface area contributed by atoms with Crippen LogP contribution in [0.3, 0.4) is 0 Å². The van der Waals surface area contributed by atoms with Crippen LogP contribution in [0.4, 0.5) is 0 Å². The number of methoxy groups -OCH3 is 1. The van der Waals surface area contributed by atoms with Gasteiger partial charge in [0.1, 0.15) is 17.5 Å². The van der Waals surface area contributed by atoms with Gasteiger partial charge in [0.2, 0.25) is 5.91 Å². The van der Waals surface area contributed by atoms with E-state index in [0.29, 0.717) is 23.1 Å². The Kier molecular flexibility index (Phi) is 9.19. The maximum Gasteiger partial charge on any atom is 0.261 e. The average Bonchev–Trinajstić information content (AvgIpc) is 2.77. The van der Waals surface area contributed by atoms with E-state index in [9.17, 15) is 9.59 Å². The molecule has 0 aliphatic heterocycles. The first kappa shape index (κ1) is 24.5. The van der Waals surface area contributed by atoms with Gasteiger partial charge >= 0.3 is 0 Å². The number of hydrogen-bond donors (Lipinski definition) is 1. The largest absolute Gasteiger partial charge is 0.497 e. The minimum Gasteiger partial charge on any atom is -0.497 e. The minimum absolute atomic E-state index is 0.185. The van der Waals surface area contributed by atoms with Crippen molar-refractivity contribution in [3.05, 3.63) is 58.1 Å². The van der Waals surface area contributed by atoms with Gasteiger partial charge in [-0.3, -0.25) is 9.59 Å². The fourth-order valence-corrected chi connectivity index (χ4v) is 3.27. The fraction of sp³-hybridized carbons (Fsp3) is 0.417. The molecule has 168 valence electrons. The van der Waals surface area contributed by atoms with Gasteiger partial charge < -0.3 is 19.7 Å². The topological polar surface area (TPSA) is 67.9 Å². The molecule has 2 aromatic carbocycles. The number of rotatable bonds is 10. The van der Waals surface area contributed by atoms with E-state index in [4.69, 9.17) is 21.1 Å². The molecule has 0 aliphatic carbocycles. The maximum atomic E-state index is 13.1. The molecule has 1 N–H and O–H groups in total. The van der Waals surface area contributed by atoms with Crippen LogP contribution in [0.15, 0.2) is 36.4 Å². The zero-order valence-electron chi connectivity index (χ0n) is 18.8. The normalized spacial score (nSPS) is 11.5. The quantitative estimate of drug-likeness (QED) is 0.591. The molecular formula is C24H31ClN2O4. The third-order valence-electron chi connectivity index (χ3n) is 4.98. The van der Waals surface area contributed by atoms with E-state index in [1.54, 1.807) is 26.2 Å². The molecule has 0 fully saturated rings. The minimum atomic E-state index is -0.650. The Morgan fingerprint density at radius 3 is 2.42 bits per heavy atom. The van der Waals surface area contributed by atoms with Crippen LogP contribution in [0.25, 0.3) is 0 Å². The summed E-state index contributed by atoms with van der Waals surface area (Å²) in [5, 5.41) is 3.54. The maximum absolute atomic E-state index is 13.1. The lowest BCUT2D eigenvalue weighted by Crippen LogP contribution is -2.49. The number of nitrogens with zero attached hydrogens (tertiary/aromatic N) is 1. The van der Waals surface area contributed by atoms with Gasteiger partial charge in [-0.2, -0.15) is 0 Å². The summed E-state index contributed by atoms with van der Waals surface area (Å²) in [6.45, 7) is 8.12. The Bertz CT molecular complexity index is 893. The molecule has 0 aliphatic rings. The van der Waals surface area contributed by atoms with E-state index in [2.05, 4.69) is 5.32 Å². The summed E-state index contributed by atoms with van der Waals surface area (Å²) in [6, 6.07) is 10.4. The lowest BCUT2D eigenvalue weighted by atomic mass is 10.1. The van der Waals surface area contributed by atoms with Crippen LogP contribution >= 0.6 is 11.6 Å². The molecule has 2 rings (SSSR count). The van der Waals surface area contributed by atoms with E-state index in [-0.39, 0.29) is 25.0 Å². The number of carbonyl (C=O) groups is 2. The van der Waals surface area contributed by atoms with E-state index in [0.717, 1.165) is 23.1 Å². The summed E-state index contributed by atoms with van der Waals surface area (Å²) in [4.78, 5) is 27.2. The van der Waals surface area contributed by atoms with Crippen molar-refractivity contribution in [1.29, 1.82) is 0 Å². The Morgan fingerprint density at radius 1 is 1.13 bits per heavy atom. The predicted octanol–water partition coefficient (Wildman–Crippen LogP) is 4.29. The van der Waals surface area contributed by atoms with Gasteiger partial charge in [-0.15, -0.1) is 0 Å². The average molecular weight is 447 g/mol. The molecule has 0 saturated carbocycles. The summed E-state index contributed by atoms with van der Waals surface area (Å²) in [5.74, 6) is 0.775. The van der Waals surface area contributed by atoms with Gasteiger partial charge in [-0.25, -0.2) is 0 Å². The SMILES string of the molecule is CCCNC(=O)[C@H](C)N(Cc1cccc(OC)c1)C(=O)COc1cc(C)c(Cl)c(C)c1. The molecule has 0 aromatic heterocycles. The first-order valence-electron chi connectivity index (χ1n) is 10.4. The highest BCUT2D eigenvalue weighted by Crippen LogP contribution is 2.26. The number of aryl methyl sites for hydroxylation is 2. The highest BCUT2D eigenvalue weighted by Gasteiger charge is 2.26. The lowest BCUT2D eigenvalue weighted by molar-refractivity contribution is -0.142. The standard InChI is InChI=1S/C24H31ClN2O4/c1-6-10-26-24(29)18(4)27(14-19-8-7-9-20(13-19)30-5)22(28)15-31-21-11-16(2)23(25)17(3)12-21/h7-9,11-13,18H,6,10,14-15H2,1-5H3,(H,26,29)/t18-/m0/s1. The van der Waals surface area contributed by atoms with Crippen LogP contribution in [0.5, 0.6) is 11.5 Å². The lowest BCUT2D eigenvalue weighted by Gasteiger charge is -2.29. The number of hydrogen-bond acceptors (Lipinski definition) is 4. The summed E-state index contributed by atoms with van der Waals surface area (Å²) >= 11 is 6.21. The van der Waals surface area contributed by atoms with Gasteiger partial charge in [-0.1, -0.05) is 30.7 Å². The first-order valence-corrected chi connectivity index (χ1v) is 10.7. The van der Waals surface area contributed by atoms with Gasteiger partial charge in [0.25, 0.3) is 5.91 Å². The molecule has 0 saturated heterocycles. The Balaban J connectivity index is 2.19. The molecule has 2 aromatic rings. The zero-order chi connectivity index (χ0) is 23.0. The van der Waals surface area contributed by atoms with Crippen molar-refractivity contribution in [1.82, 2.24) is 10.2 Å². The van der Waals surface area contributed by atoms with Crippen LogP contribution in [0, 0.1) is 13.8 Å². The Hall–Kier alpha value is -2.73. The first-order chi connectivity index (χ1) is 14.8. The molecule has 0 bridgehead atoms. The van der Waals surface area contributed by atoms with Crippen molar-refractivity contribution in [2.45, 2.75) is 46.7 Å². The van der Waals surface area contributed by atoms with E-state index >= 15 is 0 Å². The highest BCUT2D eigenvalue weighted by molar-refractivity contribution is 6.32. The monoisotopic (exact) mass is 446 g/mol. The van der Waals surface area contributed by atoms with Crippen LogP contribution in [-0.4, -0.2) is 43.0 Å². The number of amides is 2. The number of nitrogens with one attached hydrogen (secondary N) is 1. The zero-order valence-corrected chi connectivity index (χ0v) is 19.6. The predicted molar refractivity (Wildman–Crippen MR) is 123 cm³/mol. The van der Waals surface area contributed by atoms with Crippen LogP contribution < -0.4 is 14.8 Å². The molecule has 0 radical (unpaired) electrons. The molecule has 0 heterocycles. The summed E-state index contributed by atoms with van der Waals surface area (Å²) < 4.78 is 11.0. The van der Waals surface area contributed by atoms with E-state index in [1.165, 1.54) is 4.90 Å². The molecular weight excluding hydrogens is 416 g/mol. The highest BCUT2D eigenvalue weighted by atomic mass is 35.5. The Morgan fingerprint density at radius 2 is 1.81 bits per heavy atom. The van der Waals surface area contributed by atoms with Crippen LogP contribution in [0.2, 0.25) is 5.02 Å².